The van der Waals surface area contributed by atoms with E-state index in [2.05, 4.69) is 24.1 Å². The van der Waals surface area contributed by atoms with Gasteiger partial charge in [0.15, 0.2) is 0 Å². The molecule has 0 unspecified atom stereocenters. The van der Waals surface area contributed by atoms with Gasteiger partial charge in [-0.15, -0.1) is 0 Å². The van der Waals surface area contributed by atoms with Crippen molar-refractivity contribution in [3.8, 4) is 0 Å². The van der Waals surface area contributed by atoms with Gasteiger partial charge in [0.05, 0.1) is 6.61 Å². The number of likely N-dealkylation sites (N-methyl/N-ethyl adjacent to an activating group) is 1. The highest BCUT2D eigenvalue weighted by Crippen LogP contribution is 2.22. The molecule has 0 aromatic heterocycles. The van der Waals surface area contributed by atoms with Crippen LogP contribution in [0.3, 0.4) is 0 Å². The fourth-order valence-corrected chi connectivity index (χ4v) is 2.71. The van der Waals surface area contributed by atoms with E-state index in [1.165, 1.54) is 51.6 Å². The predicted octanol–water partition coefficient (Wildman–Crippen LogP) is 2.66. The normalized spacial score (nSPS) is 16.8. The smallest absolute Gasteiger partial charge is 0.0590 e. The Morgan fingerprint density at radius 2 is 1.89 bits per heavy atom. The van der Waals surface area contributed by atoms with E-state index in [-0.39, 0.29) is 0 Å². The summed E-state index contributed by atoms with van der Waals surface area (Å²) in [6.07, 6.45) is 8.09. The highest BCUT2D eigenvalue weighted by Gasteiger charge is 2.20. The maximum Gasteiger partial charge on any atom is 0.0590 e. The first kappa shape index (κ1) is 15.9. The number of nitrogens with zero attached hydrogens (tertiary/aromatic N) is 1. The molecular weight excluding hydrogens is 224 g/mol. The summed E-state index contributed by atoms with van der Waals surface area (Å²) in [5.41, 5.74) is 0. The zero-order chi connectivity index (χ0) is 13.1. The van der Waals surface area contributed by atoms with Crippen molar-refractivity contribution in [1.29, 1.82) is 0 Å². The first-order valence-electron chi connectivity index (χ1n) is 7.91. The molecule has 0 bridgehead atoms. The third-order valence-electron chi connectivity index (χ3n) is 3.89. The molecule has 1 fully saturated rings. The SMILES string of the molecule is CCCCOCCNCCN(CC)C1CCCC1. The first-order valence-corrected chi connectivity index (χ1v) is 7.91. The number of hydrogen-bond donors (Lipinski definition) is 1. The van der Waals surface area contributed by atoms with Crippen LogP contribution in [0.25, 0.3) is 0 Å². The van der Waals surface area contributed by atoms with Crippen molar-refractivity contribution in [3.63, 3.8) is 0 Å². The van der Waals surface area contributed by atoms with Crippen molar-refractivity contribution in [2.45, 2.75) is 58.4 Å². The molecule has 0 spiro atoms. The Morgan fingerprint density at radius 3 is 2.56 bits per heavy atom. The Morgan fingerprint density at radius 1 is 1.11 bits per heavy atom. The highest BCUT2D eigenvalue weighted by molar-refractivity contribution is 4.77. The molecule has 0 aromatic carbocycles. The maximum absolute atomic E-state index is 5.53. The summed E-state index contributed by atoms with van der Waals surface area (Å²) in [7, 11) is 0. The van der Waals surface area contributed by atoms with Crippen LogP contribution in [0.1, 0.15) is 52.4 Å². The number of rotatable bonds is 11. The molecular formula is C15H32N2O. The number of unbranched alkanes of at least 4 members (excludes halogenated alkanes) is 1. The Bertz CT molecular complexity index is 181. The van der Waals surface area contributed by atoms with Gasteiger partial charge in [0.2, 0.25) is 0 Å². The second-order valence-electron chi connectivity index (χ2n) is 5.28. The monoisotopic (exact) mass is 256 g/mol. The molecule has 1 aliphatic rings. The van der Waals surface area contributed by atoms with Gasteiger partial charge in [0.1, 0.15) is 0 Å². The van der Waals surface area contributed by atoms with Crippen LogP contribution in [0.4, 0.5) is 0 Å². The van der Waals surface area contributed by atoms with E-state index in [0.717, 1.165) is 32.3 Å². The van der Waals surface area contributed by atoms with Gasteiger partial charge >= 0.3 is 0 Å². The van der Waals surface area contributed by atoms with Crippen LogP contribution in [-0.4, -0.2) is 50.3 Å². The van der Waals surface area contributed by atoms with E-state index in [0.29, 0.717) is 0 Å². The van der Waals surface area contributed by atoms with Gasteiger partial charge in [-0.1, -0.05) is 33.1 Å². The molecule has 0 saturated heterocycles. The largest absolute Gasteiger partial charge is 0.380 e. The van der Waals surface area contributed by atoms with Gasteiger partial charge in [0, 0.05) is 32.3 Å². The van der Waals surface area contributed by atoms with Crippen molar-refractivity contribution >= 4 is 0 Å². The molecule has 0 amide bonds. The third-order valence-corrected chi connectivity index (χ3v) is 3.89. The summed E-state index contributed by atoms with van der Waals surface area (Å²) < 4.78 is 5.53. The predicted molar refractivity (Wildman–Crippen MR) is 78.1 cm³/mol. The van der Waals surface area contributed by atoms with Crippen LogP contribution in [0.15, 0.2) is 0 Å². The summed E-state index contributed by atoms with van der Waals surface area (Å²) >= 11 is 0. The molecule has 1 saturated carbocycles. The Hall–Kier alpha value is -0.120. The molecule has 0 aliphatic heterocycles. The van der Waals surface area contributed by atoms with E-state index >= 15 is 0 Å². The summed E-state index contributed by atoms with van der Waals surface area (Å²) in [6.45, 7) is 10.7. The molecule has 1 N–H and O–H groups in total. The van der Waals surface area contributed by atoms with Gasteiger partial charge in [-0.3, -0.25) is 4.90 Å². The Labute approximate surface area is 113 Å². The van der Waals surface area contributed by atoms with Crippen molar-refractivity contribution in [3.05, 3.63) is 0 Å². The maximum atomic E-state index is 5.53. The van der Waals surface area contributed by atoms with Crippen molar-refractivity contribution in [2.24, 2.45) is 0 Å². The topological polar surface area (TPSA) is 24.5 Å². The van der Waals surface area contributed by atoms with Crippen LogP contribution >= 0.6 is 0 Å². The molecule has 0 atom stereocenters. The molecule has 18 heavy (non-hydrogen) atoms. The van der Waals surface area contributed by atoms with Gasteiger partial charge in [-0.25, -0.2) is 0 Å². The molecule has 1 aliphatic carbocycles. The van der Waals surface area contributed by atoms with Crippen LogP contribution in [0, 0.1) is 0 Å². The lowest BCUT2D eigenvalue weighted by Gasteiger charge is -2.27. The minimum atomic E-state index is 0.857. The van der Waals surface area contributed by atoms with Crippen LogP contribution < -0.4 is 5.32 Å². The highest BCUT2D eigenvalue weighted by atomic mass is 16.5. The Kier molecular flexibility index (Phi) is 9.54. The standard InChI is InChI=1S/C15H32N2O/c1-3-5-13-18-14-11-16-10-12-17(4-2)15-8-6-7-9-15/h15-16H,3-14H2,1-2H3. The quantitative estimate of drug-likeness (QED) is 0.575. The lowest BCUT2D eigenvalue weighted by Crippen LogP contribution is -2.39. The van der Waals surface area contributed by atoms with Crippen molar-refractivity contribution in [2.75, 3.05) is 39.4 Å². The van der Waals surface area contributed by atoms with Crippen molar-refractivity contribution < 1.29 is 4.74 Å². The van der Waals surface area contributed by atoms with Crippen LogP contribution in [-0.2, 0) is 4.74 Å². The second-order valence-corrected chi connectivity index (χ2v) is 5.28. The third kappa shape index (κ3) is 6.72. The molecule has 1 rings (SSSR count). The second kappa shape index (κ2) is 10.8. The van der Waals surface area contributed by atoms with E-state index in [1.54, 1.807) is 0 Å². The molecule has 3 nitrogen and oxygen atoms in total. The minimum absolute atomic E-state index is 0.857. The molecule has 108 valence electrons. The fraction of sp³-hybridized carbons (Fsp3) is 1.00. The molecule has 0 radical (unpaired) electrons. The average molecular weight is 256 g/mol. The van der Waals surface area contributed by atoms with E-state index in [4.69, 9.17) is 4.74 Å². The van der Waals surface area contributed by atoms with E-state index < -0.39 is 0 Å². The van der Waals surface area contributed by atoms with Gasteiger partial charge < -0.3 is 10.1 Å². The zero-order valence-corrected chi connectivity index (χ0v) is 12.4. The first-order chi connectivity index (χ1) is 8.88. The molecule has 0 heterocycles. The number of ether oxygens (including phenoxy) is 1. The average Bonchev–Trinajstić information content (AvgIpc) is 2.91. The lowest BCUT2D eigenvalue weighted by atomic mass is 10.2. The molecule has 3 heteroatoms. The fourth-order valence-electron chi connectivity index (χ4n) is 2.71. The van der Waals surface area contributed by atoms with Crippen LogP contribution in [0.5, 0.6) is 0 Å². The summed E-state index contributed by atoms with van der Waals surface area (Å²) in [4.78, 5) is 2.64. The minimum Gasteiger partial charge on any atom is -0.380 e. The lowest BCUT2D eigenvalue weighted by molar-refractivity contribution is 0.131. The number of nitrogens with one attached hydrogen (secondary N) is 1. The number of hydrogen-bond acceptors (Lipinski definition) is 3. The summed E-state index contributed by atoms with van der Waals surface area (Å²) in [5.74, 6) is 0. The van der Waals surface area contributed by atoms with Crippen LogP contribution in [0.2, 0.25) is 0 Å². The Balaban J connectivity index is 1.92. The van der Waals surface area contributed by atoms with E-state index in [1.807, 2.05) is 0 Å². The molecule has 0 aromatic rings. The van der Waals surface area contributed by atoms with E-state index in [9.17, 15) is 0 Å². The van der Waals surface area contributed by atoms with Gasteiger partial charge in [-0.05, 0) is 25.8 Å². The van der Waals surface area contributed by atoms with Gasteiger partial charge in [-0.2, -0.15) is 0 Å². The van der Waals surface area contributed by atoms with Gasteiger partial charge in [0.25, 0.3) is 0 Å². The summed E-state index contributed by atoms with van der Waals surface area (Å²) in [5, 5.41) is 3.48. The summed E-state index contributed by atoms with van der Waals surface area (Å²) in [6, 6.07) is 0.859. The van der Waals surface area contributed by atoms with Crippen molar-refractivity contribution in [1.82, 2.24) is 10.2 Å². The zero-order valence-electron chi connectivity index (χ0n) is 12.4.